The number of ether oxygens (including phenoxy) is 2. The summed E-state index contributed by atoms with van der Waals surface area (Å²) in [6.07, 6.45) is 2.04. The second kappa shape index (κ2) is 7.40. The Labute approximate surface area is 144 Å². The van der Waals surface area contributed by atoms with Gasteiger partial charge in [-0.2, -0.15) is 0 Å². The molecule has 25 heavy (non-hydrogen) atoms. The quantitative estimate of drug-likeness (QED) is 0.835. The molecule has 1 aliphatic heterocycles. The van der Waals surface area contributed by atoms with Gasteiger partial charge in [0.05, 0.1) is 11.8 Å². The van der Waals surface area contributed by atoms with Gasteiger partial charge in [-0.3, -0.25) is 4.79 Å². The zero-order valence-corrected chi connectivity index (χ0v) is 13.8. The van der Waals surface area contributed by atoms with E-state index in [1.165, 1.54) is 12.1 Å². The summed E-state index contributed by atoms with van der Waals surface area (Å²) in [5.41, 5.74) is 1.48. The molecule has 3 rings (SSSR count). The minimum Gasteiger partial charge on any atom is -0.489 e. The van der Waals surface area contributed by atoms with Crippen molar-refractivity contribution < 1.29 is 28.6 Å². The maximum Gasteiger partial charge on any atom is 0.371 e. The molecular weight excluding hydrogens is 326 g/mol. The maximum absolute atomic E-state index is 12.3. The SMILES string of the molecule is Cc1ccc(NC(=O)c2ccc(C(=O)O)o2)c(OC[C@@H]2CCCO2)c1. The molecule has 1 saturated heterocycles. The van der Waals surface area contributed by atoms with Crippen molar-refractivity contribution in [2.45, 2.75) is 25.9 Å². The number of rotatable bonds is 6. The Morgan fingerprint density at radius 3 is 2.76 bits per heavy atom. The lowest BCUT2D eigenvalue weighted by Crippen LogP contribution is -2.18. The van der Waals surface area contributed by atoms with Crippen LogP contribution in [0.15, 0.2) is 34.7 Å². The lowest BCUT2D eigenvalue weighted by Gasteiger charge is -2.15. The highest BCUT2D eigenvalue weighted by atomic mass is 16.5. The number of carboxylic acid groups (broad SMARTS) is 1. The van der Waals surface area contributed by atoms with Crippen molar-refractivity contribution in [2.75, 3.05) is 18.5 Å². The molecule has 0 saturated carbocycles. The highest BCUT2D eigenvalue weighted by Gasteiger charge is 2.19. The summed E-state index contributed by atoms with van der Waals surface area (Å²) in [6.45, 7) is 3.09. The standard InChI is InChI=1S/C18H19NO6/c1-11-4-5-13(16(9-11)24-10-12-3-2-8-23-12)19-17(20)14-6-7-15(25-14)18(21)22/h4-7,9,12H,2-3,8,10H2,1H3,(H,19,20)(H,21,22)/t12-/m0/s1. The van der Waals surface area contributed by atoms with Crippen molar-refractivity contribution in [3.63, 3.8) is 0 Å². The van der Waals surface area contributed by atoms with Gasteiger partial charge in [-0.1, -0.05) is 6.07 Å². The van der Waals surface area contributed by atoms with Gasteiger partial charge in [0, 0.05) is 6.61 Å². The molecule has 0 spiro atoms. The normalized spacial score (nSPS) is 16.6. The fourth-order valence-electron chi connectivity index (χ4n) is 2.57. The molecule has 0 radical (unpaired) electrons. The minimum absolute atomic E-state index is 0.0623. The first-order chi connectivity index (χ1) is 12.0. The van der Waals surface area contributed by atoms with Crippen LogP contribution < -0.4 is 10.1 Å². The van der Waals surface area contributed by atoms with E-state index in [2.05, 4.69) is 5.32 Å². The van der Waals surface area contributed by atoms with Crippen LogP contribution in [0.5, 0.6) is 5.75 Å². The molecule has 1 atom stereocenters. The molecule has 2 aromatic rings. The van der Waals surface area contributed by atoms with Crippen molar-refractivity contribution >= 4 is 17.6 Å². The molecule has 1 amide bonds. The summed E-state index contributed by atoms with van der Waals surface area (Å²) < 4.78 is 16.4. The Balaban J connectivity index is 1.71. The molecule has 1 aromatic carbocycles. The fourth-order valence-corrected chi connectivity index (χ4v) is 2.57. The monoisotopic (exact) mass is 345 g/mol. The Kier molecular flexibility index (Phi) is 5.04. The number of hydrogen-bond donors (Lipinski definition) is 2. The van der Waals surface area contributed by atoms with Crippen molar-refractivity contribution in [3.8, 4) is 5.75 Å². The van der Waals surface area contributed by atoms with Crippen molar-refractivity contribution in [1.29, 1.82) is 0 Å². The third-order valence-corrected chi connectivity index (χ3v) is 3.87. The van der Waals surface area contributed by atoms with Gasteiger partial charge in [0.1, 0.15) is 12.4 Å². The van der Waals surface area contributed by atoms with Crippen LogP contribution in [0.2, 0.25) is 0 Å². The number of aromatic carboxylic acids is 1. The van der Waals surface area contributed by atoms with E-state index in [0.29, 0.717) is 18.0 Å². The number of benzene rings is 1. The van der Waals surface area contributed by atoms with Crippen molar-refractivity contribution in [3.05, 3.63) is 47.4 Å². The number of anilines is 1. The van der Waals surface area contributed by atoms with Crippen LogP contribution in [0, 0.1) is 6.92 Å². The topological polar surface area (TPSA) is 98.0 Å². The lowest BCUT2D eigenvalue weighted by atomic mass is 10.2. The summed E-state index contributed by atoms with van der Waals surface area (Å²) in [7, 11) is 0. The first-order valence-electron chi connectivity index (χ1n) is 8.02. The van der Waals surface area contributed by atoms with E-state index in [9.17, 15) is 9.59 Å². The van der Waals surface area contributed by atoms with Gasteiger partial charge < -0.3 is 24.3 Å². The summed E-state index contributed by atoms with van der Waals surface area (Å²) in [5.74, 6) is -1.60. The highest BCUT2D eigenvalue weighted by molar-refractivity contribution is 6.03. The third-order valence-electron chi connectivity index (χ3n) is 3.87. The number of carbonyl (C=O) groups excluding carboxylic acids is 1. The van der Waals surface area contributed by atoms with Gasteiger partial charge >= 0.3 is 5.97 Å². The van der Waals surface area contributed by atoms with Crippen molar-refractivity contribution in [2.24, 2.45) is 0 Å². The predicted molar refractivity (Wildman–Crippen MR) is 89.3 cm³/mol. The highest BCUT2D eigenvalue weighted by Crippen LogP contribution is 2.27. The number of hydrogen-bond acceptors (Lipinski definition) is 5. The van der Waals surface area contributed by atoms with Crippen LogP contribution in [0.3, 0.4) is 0 Å². The van der Waals surface area contributed by atoms with Crippen LogP contribution in [-0.2, 0) is 4.74 Å². The summed E-state index contributed by atoms with van der Waals surface area (Å²) >= 11 is 0. The molecular formula is C18H19NO6. The van der Waals surface area contributed by atoms with Gasteiger partial charge in [-0.25, -0.2) is 4.79 Å². The molecule has 0 unspecified atom stereocenters. The molecule has 1 aliphatic rings. The summed E-state index contributed by atoms with van der Waals surface area (Å²) in [4.78, 5) is 23.1. The third kappa shape index (κ3) is 4.19. The number of nitrogens with one attached hydrogen (secondary N) is 1. The van der Waals surface area contributed by atoms with E-state index >= 15 is 0 Å². The second-order valence-electron chi connectivity index (χ2n) is 5.87. The average Bonchev–Trinajstić information content (AvgIpc) is 3.26. The minimum atomic E-state index is -1.23. The Hall–Kier alpha value is -2.80. The first kappa shape index (κ1) is 17.0. The predicted octanol–water partition coefficient (Wildman–Crippen LogP) is 3.10. The van der Waals surface area contributed by atoms with Gasteiger partial charge in [0.25, 0.3) is 5.91 Å². The van der Waals surface area contributed by atoms with Crippen molar-refractivity contribution in [1.82, 2.24) is 0 Å². The molecule has 7 heteroatoms. The van der Waals surface area contributed by atoms with Crippen LogP contribution in [0.4, 0.5) is 5.69 Å². The Morgan fingerprint density at radius 1 is 1.28 bits per heavy atom. The van der Waals surface area contributed by atoms with Gasteiger partial charge in [-0.05, 0) is 49.6 Å². The molecule has 2 N–H and O–H groups in total. The van der Waals surface area contributed by atoms with Gasteiger partial charge in [-0.15, -0.1) is 0 Å². The maximum atomic E-state index is 12.3. The average molecular weight is 345 g/mol. The van der Waals surface area contributed by atoms with E-state index < -0.39 is 11.9 Å². The van der Waals surface area contributed by atoms with E-state index in [0.717, 1.165) is 25.0 Å². The largest absolute Gasteiger partial charge is 0.489 e. The van der Waals surface area contributed by atoms with Crippen LogP contribution >= 0.6 is 0 Å². The number of furan rings is 1. The molecule has 7 nitrogen and oxygen atoms in total. The Bertz CT molecular complexity index is 776. The number of carboxylic acids is 1. The van der Waals surface area contributed by atoms with Gasteiger partial charge in [0.2, 0.25) is 5.76 Å². The van der Waals surface area contributed by atoms with Gasteiger partial charge in [0.15, 0.2) is 5.76 Å². The molecule has 2 heterocycles. The molecule has 132 valence electrons. The lowest BCUT2D eigenvalue weighted by molar-refractivity contribution is 0.0660. The summed E-state index contributed by atoms with van der Waals surface area (Å²) in [5, 5.41) is 11.6. The summed E-state index contributed by atoms with van der Waals surface area (Å²) in [6, 6.07) is 7.97. The zero-order valence-electron chi connectivity index (χ0n) is 13.8. The number of aryl methyl sites for hydroxylation is 1. The molecule has 0 bridgehead atoms. The molecule has 1 fully saturated rings. The smallest absolute Gasteiger partial charge is 0.371 e. The van der Waals surface area contributed by atoms with Crippen LogP contribution in [0.1, 0.15) is 39.5 Å². The first-order valence-corrected chi connectivity index (χ1v) is 8.02. The number of carbonyl (C=O) groups is 2. The molecule has 0 aliphatic carbocycles. The van der Waals surface area contributed by atoms with Crippen LogP contribution in [0.25, 0.3) is 0 Å². The second-order valence-corrected chi connectivity index (χ2v) is 5.87. The fraction of sp³-hybridized carbons (Fsp3) is 0.333. The Morgan fingerprint density at radius 2 is 2.08 bits per heavy atom. The van der Waals surface area contributed by atoms with Crippen LogP contribution in [-0.4, -0.2) is 36.3 Å². The molecule has 1 aromatic heterocycles. The van der Waals surface area contributed by atoms with E-state index in [1.807, 2.05) is 19.1 Å². The zero-order chi connectivity index (χ0) is 17.8. The van der Waals surface area contributed by atoms with E-state index in [4.69, 9.17) is 19.0 Å². The van der Waals surface area contributed by atoms with E-state index in [-0.39, 0.29) is 17.6 Å². The van der Waals surface area contributed by atoms with E-state index in [1.54, 1.807) is 6.07 Å². The number of amides is 1.